The molecule has 5 nitrogen and oxygen atoms in total. The van der Waals surface area contributed by atoms with Gasteiger partial charge in [0.05, 0.1) is 12.1 Å². The lowest BCUT2D eigenvalue weighted by Crippen LogP contribution is -2.37. The minimum atomic E-state index is -0.0303. The van der Waals surface area contributed by atoms with Gasteiger partial charge in [-0.05, 0) is 36.8 Å². The number of fused-ring (bicyclic) bond motifs is 2. The van der Waals surface area contributed by atoms with E-state index in [0.717, 1.165) is 37.9 Å². The highest BCUT2D eigenvalue weighted by Crippen LogP contribution is 2.33. The molecule has 134 valence electrons. The number of thioether (sulfide) groups is 1. The van der Waals surface area contributed by atoms with Gasteiger partial charge in [0.15, 0.2) is 0 Å². The molecule has 0 saturated carbocycles. The van der Waals surface area contributed by atoms with Crippen molar-refractivity contribution in [1.82, 2.24) is 16.0 Å². The van der Waals surface area contributed by atoms with Gasteiger partial charge in [-0.1, -0.05) is 30.7 Å². The van der Waals surface area contributed by atoms with Crippen LogP contribution in [0.1, 0.15) is 36.8 Å². The summed E-state index contributed by atoms with van der Waals surface area (Å²) in [5, 5.41) is 9.66. The van der Waals surface area contributed by atoms with E-state index in [1.807, 2.05) is 11.8 Å². The van der Waals surface area contributed by atoms with Gasteiger partial charge in [0.25, 0.3) is 0 Å². The van der Waals surface area contributed by atoms with E-state index in [-0.39, 0.29) is 30.1 Å². The van der Waals surface area contributed by atoms with E-state index in [1.165, 1.54) is 11.1 Å². The number of amides is 3. The number of carbonyl (C=O) groups excluding carboxylic acids is 2. The zero-order chi connectivity index (χ0) is 17.2. The molecular weight excluding hydrogens is 334 g/mol. The average molecular weight is 359 g/mol. The van der Waals surface area contributed by atoms with Crippen LogP contribution in [0.15, 0.2) is 24.3 Å². The molecule has 2 saturated heterocycles. The molecule has 25 heavy (non-hydrogen) atoms. The summed E-state index contributed by atoms with van der Waals surface area (Å²) in [7, 11) is 0. The highest BCUT2D eigenvalue weighted by atomic mass is 32.2. The maximum absolute atomic E-state index is 12.2. The molecule has 1 aliphatic carbocycles. The fourth-order valence-electron chi connectivity index (χ4n) is 4.23. The van der Waals surface area contributed by atoms with Crippen molar-refractivity contribution in [2.75, 3.05) is 5.75 Å². The van der Waals surface area contributed by atoms with E-state index >= 15 is 0 Å². The van der Waals surface area contributed by atoms with Crippen molar-refractivity contribution in [3.63, 3.8) is 0 Å². The zero-order valence-electron chi connectivity index (χ0n) is 14.3. The molecule has 3 amide bonds. The smallest absolute Gasteiger partial charge is 0.315 e. The first-order valence-corrected chi connectivity index (χ1v) is 10.3. The van der Waals surface area contributed by atoms with Crippen molar-refractivity contribution in [1.29, 1.82) is 0 Å². The standard InChI is InChI=1S/C19H25N3O2S/c23-17(20-14-9-12-5-1-2-6-13(12)10-14)8-4-3-7-16-18-15(11-25-16)21-19(24)22-18/h1-2,5-6,14-16,18H,3-4,7-11H2,(H,20,23)(H2,21,22,24)/t15-,16+,18-/m1/s1. The van der Waals surface area contributed by atoms with Crippen LogP contribution in [0.4, 0.5) is 4.79 Å². The van der Waals surface area contributed by atoms with Gasteiger partial charge in [-0.2, -0.15) is 11.8 Å². The summed E-state index contributed by atoms with van der Waals surface area (Å²) in [6, 6.07) is 9.23. The molecule has 0 unspecified atom stereocenters. The normalized spacial score (nSPS) is 27.5. The third kappa shape index (κ3) is 3.78. The number of unbranched alkanes of at least 4 members (excludes halogenated alkanes) is 1. The maximum atomic E-state index is 12.2. The molecule has 2 heterocycles. The van der Waals surface area contributed by atoms with Gasteiger partial charge >= 0.3 is 6.03 Å². The minimum absolute atomic E-state index is 0.0303. The lowest BCUT2D eigenvalue weighted by molar-refractivity contribution is -0.121. The third-order valence-corrected chi connectivity index (χ3v) is 7.01. The fraction of sp³-hybridized carbons (Fsp3) is 0.579. The average Bonchev–Trinajstić information content (AvgIpc) is 3.25. The van der Waals surface area contributed by atoms with Crippen molar-refractivity contribution in [2.24, 2.45) is 0 Å². The van der Waals surface area contributed by atoms with Crippen LogP contribution >= 0.6 is 11.8 Å². The Labute approximate surface area is 152 Å². The predicted octanol–water partition coefficient (Wildman–Crippen LogP) is 2.00. The first-order valence-electron chi connectivity index (χ1n) is 9.24. The van der Waals surface area contributed by atoms with Crippen LogP contribution in [0, 0.1) is 0 Å². The molecule has 0 aromatic heterocycles. The number of hydrogen-bond donors (Lipinski definition) is 3. The van der Waals surface area contributed by atoms with Gasteiger partial charge in [-0.25, -0.2) is 4.79 Å². The molecular formula is C19H25N3O2S. The van der Waals surface area contributed by atoms with Gasteiger partial charge in [-0.3, -0.25) is 4.79 Å². The molecule has 0 bridgehead atoms. The number of benzene rings is 1. The van der Waals surface area contributed by atoms with Gasteiger partial charge in [0.1, 0.15) is 0 Å². The van der Waals surface area contributed by atoms with Crippen LogP contribution in [-0.4, -0.2) is 41.1 Å². The first-order chi connectivity index (χ1) is 12.2. The van der Waals surface area contributed by atoms with Gasteiger partial charge in [0, 0.05) is 23.5 Å². The molecule has 0 spiro atoms. The van der Waals surface area contributed by atoms with Gasteiger partial charge in [0.2, 0.25) is 5.91 Å². The van der Waals surface area contributed by atoms with Crippen molar-refractivity contribution in [3.05, 3.63) is 35.4 Å². The van der Waals surface area contributed by atoms with Crippen molar-refractivity contribution in [3.8, 4) is 0 Å². The lowest BCUT2D eigenvalue weighted by Gasteiger charge is -2.16. The summed E-state index contributed by atoms with van der Waals surface area (Å²) >= 11 is 1.94. The Bertz CT molecular complexity index is 641. The third-order valence-electron chi connectivity index (χ3n) is 5.50. The Morgan fingerprint density at radius 1 is 1.16 bits per heavy atom. The van der Waals surface area contributed by atoms with Gasteiger partial charge in [-0.15, -0.1) is 0 Å². The van der Waals surface area contributed by atoms with E-state index in [9.17, 15) is 9.59 Å². The largest absolute Gasteiger partial charge is 0.353 e. The monoisotopic (exact) mass is 359 g/mol. The van der Waals surface area contributed by atoms with Crippen molar-refractivity contribution >= 4 is 23.7 Å². The second-order valence-electron chi connectivity index (χ2n) is 7.31. The quantitative estimate of drug-likeness (QED) is 0.537. The Morgan fingerprint density at radius 2 is 1.92 bits per heavy atom. The number of hydrogen-bond acceptors (Lipinski definition) is 3. The Morgan fingerprint density at radius 3 is 2.68 bits per heavy atom. The second kappa shape index (κ2) is 7.28. The summed E-state index contributed by atoms with van der Waals surface area (Å²) in [4.78, 5) is 23.6. The van der Waals surface area contributed by atoms with E-state index in [4.69, 9.17) is 0 Å². The predicted molar refractivity (Wildman–Crippen MR) is 99.7 cm³/mol. The second-order valence-corrected chi connectivity index (χ2v) is 8.58. The summed E-state index contributed by atoms with van der Waals surface area (Å²) in [5.41, 5.74) is 2.74. The lowest BCUT2D eigenvalue weighted by atomic mass is 10.0. The Kier molecular flexibility index (Phi) is 4.88. The minimum Gasteiger partial charge on any atom is -0.353 e. The molecule has 1 aromatic carbocycles. The topological polar surface area (TPSA) is 70.2 Å². The summed E-state index contributed by atoms with van der Waals surface area (Å²) < 4.78 is 0. The Hall–Kier alpha value is -1.69. The van der Waals surface area contributed by atoms with E-state index in [1.54, 1.807) is 0 Å². The Balaban J connectivity index is 1.14. The molecule has 3 N–H and O–H groups in total. The maximum Gasteiger partial charge on any atom is 0.315 e. The fourth-order valence-corrected chi connectivity index (χ4v) is 5.78. The zero-order valence-corrected chi connectivity index (χ0v) is 15.1. The molecule has 2 aliphatic heterocycles. The number of urea groups is 1. The molecule has 3 aliphatic rings. The van der Waals surface area contributed by atoms with Crippen LogP contribution in [0.3, 0.4) is 0 Å². The van der Waals surface area contributed by atoms with Crippen LogP contribution in [-0.2, 0) is 17.6 Å². The number of carbonyl (C=O) groups is 2. The van der Waals surface area contributed by atoms with Crippen LogP contribution in [0.5, 0.6) is 0 Å². The summed E-state index contributed by atoms with van der Waals surface area (Å²) in [6.07, 6.45) is 5.53. The molecule has 0 radical (unpaired) electrons. The van der Waals surface area contributed by atoms with E-state index < -0.39 is 0 Å². The van der Waals surface area contributed by atoms with Crippen molar-refractivity contribution < 1.29 is 9.59 Å². The highest BCUT2D eigenvalue weighted by molar-refractivity contribution is 8.00. The van der Waals surface area contributed by atoms with Crippen molar-refractivity contribution in [2.45, 2.75) is 61.9 Å². The number of rotatable bonds is 6. The van der Waals surface area contributed by atoms with Crippen LogP contribution < -0.4 is 16.0 Å². The summed E-state index contributed by atoms with van der Waals surface area (Å²) in [5.74, 6) is 1.17. The molecule has 6 heteroatoms. The van der Waals surface area contributed by atoms with E-state index in [0.29, 0.717) is 11.7 Å². The van der Waals surface area contributed by atoms with Gasteiger partial charge < -0.3 is 16.0 Å². The molecule has 3 atom stereocenters. The highest BCUT2D eigenvalue weighted by Gasteiger charge is 2.42. The van der Waals surface area contributed by atoms with E-state index in [2.05, 4.69) is 40.2 Å². The molecule has 1 aromatic rings. The van der Waals surface area contributed by atoms with Crippen LogP contribution in [0.2, 0.25) is 0 Å². The summed E-state index contributed by atoms with van der Waals surface area (Å²) in [6.45, 7) is 0. The molecule has 4 rings (SSSR count). The first kappa shape index (κ1) is 16.8. The van der Waals surface area contributed by atoms with Crippen LogP contribution in [0.25, 0.3) is 0 Å². The SMILES string of the molecule is O=C(CCCC[C@@H]1SC[C@H]2NC(=O)N[C@@H]12)NC1Cc2ccccc2C1. The molecule has 2 fully saturated rings. The number of nitrogens with one attached hydrogen (secondary N) is 3.